The summed E-state index contributed by atoms with van der Waals surface area (Å²) in [6.45, 7) is 1.94. The van der Waals surface area contributed by atoms with Gasteiger partial charge < -0.3 is 0 Å². The van der Waals surface area contributed by atoms with E-state index in [0.717, 1.165) is 24.0 Å². The highest BCUT2D eigenvalue weighted by molar-refractivity contribution is 7.89. The number of carbonyl (C=O) groups excluding carboxylic acids is 1. The molecule has 0 aliphatic heterocycles. The van der Waals surface area contributed by atoms with Crippen LogP contribution in [0, 0.1) is 11.7 Å². The molecule has 31 heavy (non-hydrogen) atoms. The summed E-state index contributed by atoms with van der Waals surface area (Å²) in [6.07, 6.45) is 1.74. The van der Waals surface area contributed by atoms with E-state index in [1.54, 1.807) is 16.7 Å². The van der Waals surface area contributed by atoms with Crippen LogP contribution in [0.25, 0.3) is 11.4 Å². The first-order valence-corrected chi connectivity index (χ1v) is 11.6. The normalized spacial score (nSPS) is 13.7. The van der Waals surface area contributed by atoms with Crippen molar-refractivity contribution < 1.29 is 13.2 Å². The average molecular weight is 459 g/mol. The van der Waals surface area contributed by atoms with E-state index < -0.39 is 10.0 Å². The molecule has 11 heteroatoms. The van der Waals surface area contributed by atoms with E-state index in [9.17, 15) is 13.2 Å². The quantitative estimate of drug-likeness (QED) is 0.304. The molecule has 0 spiro atoms. The number of anilines is 1. The van der Waals surface area contributed by atoms with Gasteiger partial charge in [-0.15, -0.1) is 0 Å². The molecular formula is C20H22N6O3S2. The van der Waals surface area contributed by atoms with Crippen molar-refractivity contribution >= 4 is 33.8 Å². The number of amides is 1. The Morgan fingerprint density at radius 2 is 1.97 bits per heavy atom. The van der Waals surface area contributed by atoms with Gasteiger partial charge in [0.1, 0.15) is 6.54 Å². The molecule has 9 nitrogen and oxygen atoms in total. The second-order valence-electron chi connectivity index (χ2n) is 7.40. The van der Waals surface area contributed by atoms with Crippen molar-refractivity contribution in [1.29, 1.82) is 0 Å². The predicted molar refractivity (Wildman–Crippen MR) is 119 cm³/mol. The van der Waals surface area contributed by atoms with E-state index in [1.807, 2.05) is 31.2 Å². The molecule has 0 unspecified atom stereocenters. The predicted octanol–water partition coefficient (Wildman–Crippen LogP) is 2.50. The first kappa shape index (κ1) is 21.2. The first-order valence-electron chi connectivity index (χ1n) is 9.71. The SMILES string of the molecule is Cc1cccc(-c2n[nH]c(=S)n2CC(=O)NNc2ccc(S(=O)(=O)NC3CC3)cc2)c1. The Morgan fingerprint density at radius 1 is 1.23 bits per heavy atom. The highest BCUT2D eigenvalue weighted by Crippen LogP contribution is 2.23. The molecule has 1 fully saturated rings. The van der Waals surface area contributed by atoms with Crippen molar-refractivity contribution in [1.82, 2.24) is 24.9 Å². The summed E-state index contributed by atoms with van der Waals surface area (Å²) >= 11 is 5.27. The highest BCUT2D eigenvalue weighted by Gasteiger charge is 2.27. The summed E-state index contributed by atoms with van der Waals surface area (Å²) < 4.78 is 29.0. The van der Waals surface area contributed by atoms with Crippen LogP contribution in [0.1, 0.15) is 18.4 Å². The minimum absolute atomic E-state index is 0.0383. The van der Waals surface area contributed by atoms with Crippen LogP contribution in [0.5, 0.6) is 0 Å². The van der Waals surface area contributed by atoms with E-state index in [2.05, 4.69) is 25.8 Å². The third-order valence-corrected chi connectivity index (χ3v) is 6.59. The summed E-state index contributed by atoms with van der Waals surface area (Å²) in [7, 11) is -3.51. The molecular weight excluding hydrogens is 436 g/mol. The molecule has 0 saturated heterocycles. The van der Waals surface area contributed by atoms with Crippen LogP contribution in [0.2, 0.25) is 0 Å². The van der Waals surface area contributed by atoms with Crippen molar-refractivity contribution in [2.24, 2.45) is 0 Å². The molecule has 1 amide bonds. The smallest absolute Gasteiger partial charge is 0.258 e. The molecule has 1 saturated carbocycles. The van der Waals surface area contributed by atoms with E-state index >= 15 is 0 Å². The van der Waals surface area contributed by atoms with Gasteiger partial charge >= 0.3 is 0 Å². The standard InChI is InChI=1S/C20H22N6O3S2/c1-13-3-2-4-14(11-13)19-23-24-20(30)26(19)12-18(27)22-21-15-7-9-17(10-8-15)31(28,29)25-16-5-6-16/h2-4,7-11,16,21,25H,5-6,12H2,1H3,(H,22,27)(H,24,30). The van der Waals surface area contributed by atoms with E-state index in [1.165, 1.54) is 12.1 Å². The van der Waals surface area contributed by atoms with Gasteiger partial charge in [-0.05, 0) is 62.3 Å². The van der Waals surface area contributed by atoms with Gasteiger partial charge in [-0.3, -0.25) is 25.3 Å². The van der Waals surface area contributed by atoms with E-state index in [4.69, 9.17) is 12.2 Å². The summed E-state index contributed by atoms with van der Waals surface area (Å²) in [5.41, 5.74) is 7.85. The van der Waals surface area contributed by atoms with Crippen LogP contribution in [-0.4, -0.2) is 35.1 Å². The number of aromatic amines is 1. The van der Waals surface area contributed by atoms with Gasteiger partial charge in [-0.2, -0.15) is 5.10 Å². The molecule has 1 aliphatic carbocycles. The fourth-order valence-corrected chi connectivity index (χ4v) is 4.50. The molecule has 3 aromatic rings. The number of H-pyrrole nitrogens is 1. The number of nitrogens with one attached hydrogen (secondary N) is 4. The van der Waals surface area contributed by atoms with Gasteiger partial charge in [0, 0.05) is 11.6 Å². The number of benzene rings is 2. The number of hydrogen-bond donors (Lipinski definition) is 4. The van der Waals surface area contributed by atoms with Crippen LogP contribution in [-0.2, 0) is 21.4 Å². The number of hydrazine groups is 1. The topological polar surface area (TPSA) is 121 Å². The Balaban J connectivity index is 1.39. The fourth-order valence-electron chi connectivity index (χ4n) is 3.00. The lowest BCUT2D eigenvalue weighted by Crippen LogP contribution is -2.32. The first-order chi connectivity index (χ1) is 14.8. The van der Waals surface area contributed by atoms with Crippen molar-refractivity contribution in [3.8, 4) is 11.4 Å². The minimum atomic E-state index is -3.51. The number of hydrogen-bond acceptors (Lipinski definition) is 6. The Bertz CT molecular complexity index is 1260. The molecule has 2 aromatic carbocycles. The summed E-state index contributed by atoms with van der Waals surface area (Å²) in [4.78, 5) is 12.6. The van der Waals surface area contributed by atoms with Crippen molar-refractivity contribution in [3.05, 3.63) is 58.9 Å². The molecule has 1 heterocycles. The maximum atomic E-state index is 12.5. The molecule has 0 radical (unpaired) electrons. The summed E-state index contributed by atoms with van der Waals surface area (Å²) in [6, 6.07) is 13.9. The molecule has 0 atom stereocenters. The molecule has 1 aromatic heterocycles. The number of sulfonamides is 1. The monoisotopic (exact) mass is 458 g/mol. The highest BCUT2D eigenvalue weighted by atomic mass is 32.2. The van der Waals surface area contributed by atoms with Gasteiger partial charge in [0.05, 0.1) is 10.6 Å². The van der Waals surface area contributed by atoms with Crippen LogP contribution in [0.3, 0.4) is 0 Å². The largest absolute Gasteiger partial charge is 0.299 e. The second-order valence-corrected chi connectivity index (χ2v) is 9.50. The molecule has 1 aliphatic rings. The van der Waals surface area contributed by atoms with Crippen LogP contribution >= 0.6 is 12.2 Å². The lowest BCUT2D eigenvalue weighted by Gasteiger charge is -2.11. The van der Waals surface area contributed by atoms with E-state index in [-0.39, 0.29) is 23.4 Å². The maximum absolute atomic E-state index is 12.5. The number of aryl methyl sites for hydroxylation is 1. The third-order valence-electron chi connectivity index (χ3n) is 4.75. The second kappa shape index (κ2) is 8.61. The van der Waals surface area contributed by atoms with Gasteiger partial charge in [-0.25, -0.2) is 13.1 Å². The van der Waals surface area contributed by atoms with Crippen LogP contribution < -0.4 is 15.6 Å². The minimum Gasteiger partial charge on any atom is -0.299 e. The zero-order chi connectivity index (χ0) is 22.0. The average Bonchev–Trinajstić information content (AvgIpc) is 3.47. The van der Waals surface area contributed by atoms with Gasteiger partial charge in [-0.1, -0.05) is 23.8 Å². The summed E-state index contributed by atoms with van der Waals surface area (Å²) in [5, 5.41) is 6.96. The van der Waals surface area contributed by atoms with Crippen molar-refractivity contribution in [3.63, 3.8) is 0 Å². The van der Waals surface area contributed by atoms with E-state index in [0.29, 0.717) is 16.3 Å². The Labute approximate surface area is 184 Å². The van der Waals surface area contributed by atoms with Gasteiger partial charge in [0.15, 0.2) is 10.6 Å². The lowest BCUT2D eigenvalue weighted by atomic mass is 10.1. The molecule has 162 valence electrons. The third kappa shape index (κ3) is 5.19. The lowest BCUT2D eigenvalue weighted by molar-refractivity contribution is -0.121. The Morgan fingerprint density at radius 3 is 2.65 bits per heavy atom. The van der Waals surface area contributed by atoms with Crippen molar-refractivity contribution in [2.75, 3.05) is 5.43 Å². The molecule has 4 N–H and O–H groups in total. The number of aromatic nitrogens is 3. The zero-order valence-corrected chi connectivity index (χ0v) is 18.4. The number of carbonyl (C=O) groups is 1. The number of rotatable bonds is 8. The fraction of sp³-hybridized carbons (Fsp3) is 0.250. The maximum Gasteiger partial charge on any atom is 0.258 e. The zero-order valence-electron chi connectivity index (χ0n) is 16.8. The van der Waals surface area contributed by atoms with Crippen molar-refractivity contribution in [2.45, 2.75) is 37.2 Å². The Kier molecular flexibility index (Phi) is 5.90. The molecule has 0 bridgehead atoms. The van der Waals surface area contributed by atoms with Gasteiger partial charge in [0.25, 0.3) is 5.91 Å². The number of nitrogens with zero attached hydrogens (tertiary/aromatic N) is 2. The summed E-state index contributed by atoms with van der Waals surface area (Å²) in [5.74, 6) is 0.236. The molecule has 4 rings (SSSR count). The van der Waals surface area contributed by atoms with Gasteiger partial charge in [0.2, 0.25) is 10.0 Å². The Hall–Kier alpha value is -3.02. The van der Waals surface area contributed by atoms with Crippen LogP contribution in [0.15, 0.2) is 53.4 Å². The van der Waals surface area contributed by atoms with Crippen LogP contribution in [0.4, 0.5) is 5.69 Å².